The van der Waals surface area contributed by atoms with E-state index >= 15 is 0 Å². The molecule has 0 bridgehead atoms. The number of aromatic nitrogens is 1. The molecule has 2 heterocycles. The van der Waals surface area contributed by atoms with Gasteiger partial charge in [-0.1, -0.05) is 30.9 Å². The first-order valence-corrected chi connectivity index (χ1v) is 11.5. The minimum Gasteiger partial charge on any atom is -0.497 e. The fourth-order valence-electron chi connectivity index (χ4n) is 5.20. The van der Waals surface area contributed by atoms with E-state index in [1.807, 2.05) is 30.4 Å². The molecule has 1 saturated heterocycles. The molecule has 34 heavy (non-hydrogen) atoms. The summed E-state index contributed by atoms with van der Waals surface area (Å²) in [4.78, 5) is 4.41. The molecule has 2 aliphatic rings. The number of hydrogen-bond acceptors (Lipinski definition) is 3. The normalized spacial score (nSPS) is 23.7. The molecule has 4 rings (SSSR count). The summed E-state index contributed by atoms with van der Waals surface area (Å²) in [5.41, 5.74) is 1.44. The zero-order chi connectivity index (χ0) is 24.3. The van der Waals surface area contributed by atoms with Crippen LogP contribution in [-0.4, -0.2) is 53.5 Å². The molecule has 0 amide bonds. The van der Waals surface area contributed by atoms with Crippen LogP contribution < -0.4 is 4.74 Å². The molecule has 1 aromatic carbocycles. The SMILES string of the molecule is C=C/C=C\CC(C(O)c1ccnc2ccc(OC)cc12)[N+]1(CC2C=CC(F)=C(F)C2F)CCC1. The van der Waals surface area contributed by atoms with Crippen molar-refractivity contribution in [2.45, 2.75) is 31.2 Å². The zero-order valence-corrected chi connectivity index (χ0v) is 19.2. The molecular weight excluding hydrogens is 441 g/mol. The number of quaternary nitrogens is 1. The van der Waals surface area contributed by atoms with E-state index in [1.165, 1.54) is 6.08 Å². The number of likely N-dealkylation sites (tertiary alicyclic amines) is 1. The van der Waals surface area contributed by atoms with E-state index in [-0.39, 0.29) is 12.6 Å². The van der Waals surface area contributed by atoms with E-state index in [2.05, 4.69) is 11.6 Å². The highest BCUT2D eigenvalue weighted by Crippen LogP contribution is 2.40. The molecule has 4 nitrogen and oxygen atoms in total. The van der Waals surface area contributed by atoms with E-state index < -0.39 is 29.8 Å². The fraction of sp³-hybridized carbons (Fsp3) is 0.370. The monoisotopic (exact) mass is 471 g/mol. The van der Waals surface area contributed by atoms with E-state index in [9.17, 15) is 18.3 Å². The van der Waals surface area contributed by atoms with Crippen LogP contribution in [0.1, 0.15) is 24.5 Å². The standard InChI is InChI=1S/C27H30F3N2O2/c1-3-4-5-7-24(27(33)20-12-13-31-23-11-9-19(34-2)16-21(20)23)32(14-6-15-32)17-18-8-10-22(28)26(30)25(18)29/h3-5,8-13,16,18,24-25,27,33H,1,6-7,14-15,17H2,2H3/q+1/b5-4-. The van der Waals surface area contributed by atoms with Gasteiger partial charge in [0.2, 0.25) is 0 Å². The van der Waals surface area contributed by atoms with Gasteiger partial charge in [0.05, 0.1) is 38.2 Å². The van der Waals surface area contributed by atoms with Crippen molar-refractivity contribution in [1.29, 1.82) is 0 Å². The van der Waals surface area contributed by atoms with Crippen LogP contribution in [0.15, 0.2) is 79.1 Å². The Bertz CT molecular complexity index is 1140. The molecule has 1 aromatic heterocycles. The predicted octanol–water partition coefficient (Wildman–Crippen LogP) is 5.67. The number of fused-ring (bicyclic) bond motifs is 1. The lowest BCUT2D eigenvalue weighted by atomic mass is 9.86. The number of allylic oxidation sites excluding steroid dienone is 5. The van der Waals surface area contributed by atoms with Crippen molar-refractivity contribution >= 4 is 10.9 Å². The largest absolute Gasteiger partial charge is 0.497 e. The molecule has 4 unspecified atom stereocenters. The van der Waals surface area contributed by atoms with Crippen molar-refractivity contribution in [3.63, 3.8) is 0 Å². The number of pyridine rings is 1. The van der Waals surface area contributed by atoms with Gasteiger partial charge in [-0.2, -0.15) is 0 Å². The molecule has 0 spiro atoms. The average molecular weight is 472 g/mol. The molecule has 1 fully saturated rings. The number of aliphatic hydroxyl groups excluding tert-OH is 1. The summed E-state index contributed by atoms with van der Waals surface area (Å²) in [7, 11) is 1.58. The highest BCUT2D eigenvalue weighted by molar-refractivity contribution is 5.83. The third kappa shape index (κ3) is 4.55. The van der Waals surface area contributed by atoms with Gasteiger partial charge in [-0.25, -0.2) is 13.2 Å². The maximum Gasteiger partial charge on any atom is 0.170 e. The summed E-state index contributed by atoms with van der Waals surface area (Å²) in [6.07, 6.45) is 8.03. The number of aliphatic hydroxyl groups is 1. The lowest BCUT2D eigenvalue weighted by molar-refractivity contribution is -0.991. The molecule has 4 atom stereocenters. The second kappa shape index (κ2) is 10.2. The molecule has 1 N–H and O–H groups in total. The second-order valence-electron chi connectivity index (χ2n) is 9.02. The summed E-state index contributed by atoms with van der Waals surface area (Å²) >= 11 is 0. The Morgan fingerprint density at radius 2 is 2.09 bits per heavy atom. The predicted molar refractivity (Wildman–Crippen MR) is 127 cm³/mol. The van der Waals surface area contributed by atoms with Gasteiger partial charge in [-0.05, 0) is 35.9 Å². The van der Waals surface area contributed by atoms with Gasteiger partial charge in [0.1, 0.15) is 17.9 Å². The number of methoxy groups -OCH3 is 1. The zero-order valence-electron chi connectivity index (χ0n) is 19.2. The number of benzene rings is 1. The van der Waals surface area contributed by atoms with Crippen LogP contribution >= 0.6 is 0 Å². The summed E-state index contributed by atoms with van der Waals surface area (Å²) < 4.78 is 48.1. The maximum absolute atomic E-state index is 14.7. The smallest absolute Gasteiger partial charge is 0.170 e. The van der Waals surface area contributed by atoms with E-state index in [0.717, 1.165) is 36.5 Å². The Labute approximate surface area is 198 Å². The van der Waals surface area contributed by atoms with Crippen molar-refractivity contribution in [1.82, 2.24) is 4.98 Å². The van der Waals surface area contributed by atoms with E-state index in [0.29, 0.717) is 22.2 Å². The third-order valence-electron chi connectivity index (χ3n) is 7.14. The van der Waals surface area contributed by atoms with Gasteiger partial charge in [0.15, 0.2) is 17.8 Å². The van der Waals surface area contributed by atoms with Crippen LogP contribution in [0.3, 0.4) is 0 Å². The van der Waals surface area contributed by atoms with Gasteiger partial charge in [-0.15, -0.1) is 0 Å². The molecule has 0 saturated carbocycles. The van der Waals surface area contributed by atoms with Crippen molar-refractivity contribution in [2.75, 3.05) is 26.7 Å². The lowest BCUT2D eigenvalue weighted by Gasteiger charge is -2.53. The Kier molecular flexibility index (Phi) is 7.24. The summed E-state index contributed by atoms with van der Waals surface area (Å²) in [5, 5.41) is 12.5. The molecule has 1 aliphatic carbocycles. The topological polar surface area (TPSA) is 42.4 Å². The Hall–Kier alpha value is -2.90. The molecule has 7 heteroatoms. The van der Waals surface area contributed by atoms with Gasteiger partial charge < -0.3 is 14.3 Å². The first-order valence-electron chi connectivity index (χ1n) is 11.5. The molecule has 1 aliphatic heterocycles. The van der Waals surface area contributed by atoms with Crippen LogP contribution in [0.25, 0.3) is 10.9 Å². The van der Waals surface area contributed by atoms with Crippen LogP contribution in [0.2, 0.25) is 0 Å². The third-order valence-corrected chi connectivity index (χ3v) is 7.14. The lowest BCUT2D eigenvalue weighted by Crippen LogP contribution is -2.67. The van der Waals surface area contributed by atoms with Crippen LogP contribution in [0.5, 0.6) is 5.75 Å². The maximum atomic E-state index is 14.7. The van der Waals surface area contributed by atoms with Crippen molar-refractivity contribution in [3.05, 3.63) is 84.6 Å². The summed E-state index contributed by atoms with van der Waals surface area (Å²) in [6.45, 7) is 5.44. The van der Waals surface area contributed by atoms with Crippen molar-refractivity contribution in [2.24, 2.45) is 5.92 Å². The summed E-state index contributed by atoms with van der Waals surface area (Å²) in [5.74, 6) is -2.64. The fourth-order valence-corrected chi connectivity index (χ4v) is 5.20. The second-order valence-corrected chi connectivity index (χ2v) is 9.02. The van der Waals surface area contributed by atoms with Crippen molar-refractivity contribution in [3.8, 4) is 5.75 Å². The van der Waals surface area contributed by atoms with Gasteiger partial charge in [0.25, 0.3) is 0 Å². The Morgan fingerprint density at radius 3 is 2.76 bits per heavy atom. The first kappa shape index (κ1) is 24.2. The average Bonchev–Trinajstić information content (AvgIpc) is 2.83. The number of alkyl halides is 1. The summed E-state index contributed by atoms with van der Waals surface area (Å²) in [6, 6.07) is 6.99. The Morgan fingerprint density at radius 1 is 1.29 bits per heavy atom. The van der Waals surface area contributed by atoms with Crippen LogP contribution in [0.4, 0.5) is 13.2 Å². The number of nitrogens with zero attached hydrogens (tertiary/aromatic N) is 2. The van der Waals surface area contributed by atoms with Crippen LogP contribution in [0, 0.1) is 5.92 Å². The molecule has 2 aromatic rings. The Balaban J connectivity index is 1.71. The van der Waals surface area contributed by atoms with Gasteiger partial charge >= 0.3 is 0 Å². The quantitative estimate of drug-likeness (QED) is 0.378. The van der Waals surface area contributed by atoms with Crippen LogP contribution in [-0.2, 0) is 0 Å². The minimum absolute atomic E-state index is 0.272. The number of rotatable bonds is 9. The molecule has 180 valence electrons. The van der Waals surface area contributed by atoms with E-state index in [4.69, 9.17) is 4.74 Å². The number of halogens is 3. The van der Waals surface area contributed by atoms with Gasteiger partial charge in [-0.3, -0.25) is 4.98 Å². The van der Waals surface area contributed by atoms with E-state index in [1.54, 1.807) is 25.4 Å². The van der Waals surface area contributed by atoms with Gasteiger partial charge in [0, 0.05) is 24.4 Å². The first-order chi connectivity index (χ1) is 16.4. The molecular formula is C27H30F3N2O2+. The highest BCUT2D eigenvalue weighted by atomic mass is 19.2. The van der Waals surface area contributed by atoms with Crippen molar-refractivity contribution < 1.29 is 27.5 Å². The number of hydrogen-bond donors (Lipinski definition) is 1. The minimum atomic E-state index is -2.02. The highest BCUT2D eigenvalue weighted by Gasteiger charge is 2.49. The molecule has 0 radical (unpaired) electrons. The number of ether oxygens (including phenoxy) is 1.